The Morgan fingerprint density at radius 3 is 2.45 bits per heavy atom. The van der Waals surface area contributed by atoms with Crippen LogP contribution in [0.25, 0.3) is 0 Å². The van der Waals surface area contributed by atoms with Crippen molar-refractivity contribution in [2.75, 3.05) is 0 Å². The fourth-order valence-corrected chi connectivity index (χ4v) is 2.83. The van der Waals surface area contributed by atoms with Gasteiger partial charge in [0.25, 0.3) is 0 Å². The van der Waals surface area contributed by atoms with E-state index in [9.17, 15) is 10.2 Å². The summed E-state index contributed by atoms with van der Waals surface area (Å²) in [7, 11) is 0. The molecule has 0 radical (unpaired) electrons. The molecule has 0 aromatic heterocycles. The number of allylic oxidation sites excluding steroid dienone is 4. The molecular formula is C20H32O2. The number of rotatable bonds is 1. The third kappa shape index (κ3) is 6.76. The highest BCUT2D eigenvalue weighted by Gasteiger charge is 2.17. The number of aliphatic hydroxyl groups is 2. The van der Waals surface area contributed by atoms with Crippen LogP contribution in [-0.4, -0.2) is 22.4 Å². The van der Waals surface area contributed by atoms with Crippen molar-refractivity contribution in [3.05, 3.63) is 47.1 Å². The molecule has 1 aliphatic rings. The molecule has 3 atom stereocenters. The summed E-state index contributed by atoms with van der Waals surface area (Å²) in [5.41, 5.74) is 4.55. The Balaban J connectivity index is 2.98. The molecule has 0 amide bonds. The summed E-state index contributed by atoms with van der Waals surface area (Å²) in [5.74, 6) is 0.283. The van der Waals surface area contributed by atoms with Gasteiger partial charge in [-0.3, -0.25) is 0 Å². The van der Waals surface area contributed by atoms with E-state index in [4.69, 9.17) is 0 Å². The van der Waals surface area contributed by atoms with E-state index < -0.39 is 12.2 Å². The maximum atomic E-state index is 10.4. The second kappa shape index (κ2) is 9.12. The summed E-state index contributed by atoms with van der Waals surface area (Å²) >= 11 is 0. The molecule has 0 aromatic carbocycles. The molecule has 0 fully saturated rings. The summed E-state index contributed by atoms with van der Waals surface area (Å²) in [5, 5.41) is 20.5. The highest BCUT2D eigenvalue weighted by atomic mass is 16.3. The van der Waals surface area contributed by atoms with E-state index in [1.807, 2.05) is 13.8 Å². The molecular weight excluding hydrogens is 272 g/mol. The predicted molar refractivity (Wildman–Crippen MR) is 94.7 cm³/mol. The van der Waals surface area contributed by atoms with Crippen LogP contribution in [0, 0.1) is 5.92 Å². The summed E-state index contributed by atoms with van der Waals surface area (Å²) < 4.78 is 0. The van der Waals surface area contributed by atoms with Crippen LogP contribution in [-0.2, 0) is 0 Å². The van der Waals surface area contributed by atoms with Gasteiger partial charge in [0.05, 0.1) is 12.2 Å². The lowest BCUT2D eigenvalue weighted by Crippen LogP contribution is -2.17. The minimum atomic E-state index is -0.520. The number of hydrogen-bond acceptors (Lipinski definition) is 2. The lowest BCUT2D eigenvalue weighted by Gasteiger charge is -2.21. The van der Waals surface area contributed by atoms with Crippen LogP contribution in [0.2, 0.25) is 0 Å². The Morgan fingerprint density at radius 2 is 1.82 bits per heavy atom. The molecule has 0 spiro atoms. The molecule has 2 N–H and O–H groups in total. The maximum Gasteiger partial charge on any atom is 0.0761 e. The molecule has 0 bridgehead atoms. The third-order valence-corrected chi connectivity index (χ3v) is 4.50. The van der Waals surface area contributed by atoms with E-state index in [0.717, 1.165) is 30.4 Å². The first-order valence-electron chi connectivity index (χ1n) is 8.30. The third-order valence-electron chi connectivity index (χ3n) is 4.50. The van der Waals surface area contributed by atoms with Crippen molar-refractivity contribution in [2.24, 2.45) is 5.92 Å². The van der Waals surface area contributed by atoms with E-state index in [-0.39, 0.29) is 5.92 Å². The zero-order valence-electron chi connectivity index (χ0n) is 14.6. The van der Waals surface area contributed by atoms with Gasteiger partial charge in [-0.1, -0.05) is 41.5 Å². The smallest absolute Gasteiger partial charge is 0.0761 e. The molecule has 2 nitrogen and oxygen atoms in total. The van der Waals surface area contributed by atoms with Crippen molar-refractivity contribution >= 4 is 0 Å². The second-order valence-electron chi connectivity index (χ2n) is 6.85. The fourth-order valence-electron chi connectivity index (χ4n) is 2.83. The first-order valence-corrected chi connectivity index (χ1v) is 8.30. The Hall–Kier alpha value is -1.12. The summed E-state index contributed by atoms with van der Waals surface area (Å²) in [6.07, 6.45) is 9.56. The van der Waals surface area contributed by atoms with Crippen molar-refractivity contribution in [3.8, 4) is 0 Å². The minimum Gasteiger partial charge on any atom is -0.389 e. The van der Waals surface area contributed by atoms with Crippen molar-refractivity contribution in [1.82, 2.24) is 0 Å². The Labute approximate surface area is 135 Å². The Bertz CT molecular complexity index is 468. The van der Waals surface area contributed by atoms with Gasteiger partial charge in [0.2, 0.25) is 0 Å². The molecule has 3 unspecified atom stereocenters. The summed E-state index contributed by atoms with van der Waals surface area (Å²) in [4.78, 5) is 0. The Kier molecular flexibility index (Phi) is 7.84. The average molecular weight is 304 g/mol. The zero-order chi connectivity index (χ0) is 16.7. The van der Waals surface area contributed by atoms with Gasteiger partial charge in [-0.25, -0.2) is 0 Å². The van der Waals surface area contributed by atoms with Crippen molar-refractivity contribution < 1.29 is 10.2 Å². The average Bonchev–Trinajstić information content (AvgIpc) is 2.41. The highest BCUT2D eigenvalue weighted by Crippen LogP contribution is 2.25. The quantitative estimate of drug-likeness (QED) is 0.689. The largest absolute Gasteiger partial charge is 0.389 e. The summed E-state index contributed by atoms with van der Waals surface area (Å²) in [6, 6.07) is 0. The van der Waals surface area contributed by atoms with Crippen molar-refractivity contribution in [3.63, 3.8) is 0 Å². The molecule has 2 heteroatoms. The highest BCUT2D eigenvalue weighted by molar-refractivity contribution is 5.14. The van der Waals surface area contributed by atoms with Crippen LogP contribution in [0.15, 0.2) is 47.1 Å². The van der Waals surface area contributed by atoms with E-state index in [1.54, 1.807) is 6.08 Å². The van der Waals surface area contributed by atoms with Crippen molar-refractivity contribution in [1.29, 1.82) is 0 Å². The van der Waals surface area contributed by atoms with E-state index >= 15 is 0 Å². The molecule has 0 aromatic rings. The Morgan fingerprint density at radius 1 is 1.14 bits per heavy atom. The van der Waals surface area contributed by atoms with Gasteiger partial charge < -0.3 is 10.2 Å². The van der Waals surface area contributed by atoms with E-state index in [1.165, 1.54) is 11.1 Å². The normalized spacial score (nSPS) is 29.0. The molecule has 0 saturated heterocycles. The van der Waals surface area contributed by atoms with Gasteiger partial charge in [0, 0.05) is 0 Å². The fraction of sp³-hybridized carbons (Fsp3) is 0.600. The molecule has 0 aliphatic heterocycles. The monoisotopic (exact) mass is 304 g/mol. The van der Waals surface area contributed by atoms with Crippen LogP contribution in [0.1, 0.15) is 59.8 Å². The standard InChI is InChI=1S/C20H32O2/c1-14(2)18-10-9-15(3)7-6-8-16(4)11-19(21)12-17(5)20(22)13-18/h8-9,12,18-22H,1,6-7,10-11,13H2,2-5H3. The lowest BCUT2D eigenvalue weighted by molar-refractivity contribution is 0.176. The van der Waals surface area contributed by atoms with Crippen LogP contribution in [0.5, 0.6) is 0 Å². The summed E-state index contributed by atoms with van der Waals surface area (Å²) in [6.45, 7) is 12.2. The lowest BCUT2D eigenvalue weighted by atomic mass is 9.88. The molecule has 1 aliphatic carbocycles. The van der Waals surface area contributed by atoms with E-state index in [0.29, 0.717) is 12.8 Å². The van der Waals surface area contributed by atoms with Gasteiger partial charge >= 0.3 is 0 Å². The van der Waals surface area contributed by atoms with Gasteiger partial charge in [0.15, 0.2) is 0 Å². The number of aliphatic hydroxyl groups excluding tert-OH is 2. The minimum absolute atomic E-state index is 0.283. The van der Waals surface area contributed by atoms with E-state index in [2.05, 4.69) is 32.6 Å². The molecule has 0 heterocycles. The topological polar surface area (TPSA) is 40.5 Å². The van der Waals surface area contributed by atoms with Crippen molar-refractivity contribution in [2.45, 2.75) is 72.0 Å². The molecule has 124 valence electrons. The first kappa shape index (κ1) is 18.9. The van der Waals surface area contributed by atoms with Crippen LogP contribution in [0.3, 0.4) is 0 Å². The predicted octanol–water partition coefficient (Wildman–Crippen LogP) is 4.70. The maximum absolute atomic E-state index is 10.4. The second-order valence-corrected chi connectivity index (χ2v) is 6.85. The molecule has 1 rings (SSSR count). The molecule has 22 heavy (non-hydrogen) atoms. The molecule has 0 saturated carbocycles. The number of hydrogen-bond donors (Lipinski definition) is 2. The van der Waals surface area contributed by atoms with Gasteiger partial charge in [-0.2, -0.15) is 0 Å². The van der Waals surface area contributed by atoms with Crippen LogP contribution in [0.4, 0.5) is 0 Å². The first-order chi connectivity index (χ1) is 10.3. The van der Waals surface area contributed by atoms with Gasteiger partial charge in [-0.05, 0) is 71.3 Å². The van der Waals surface area contributed by atoms with Gasteiger partial charge in [-0.15, -0.1) is 0 Å². The SMILES string of the molecule is C=C(C)C1CC=C(C)CCC=C(C)CC(O)C=C(C)C(O)C1. The van der Waals surface area contributed by atoms with Crippen LogP contribution >= 0.6 is 0 Å². The van der Waals surface area contributed by atoms with Gasteiger partial charge in [0.1, 0.15) is 0 Å². The van der Waals surface area contributed by atoms with Crippen LogP contribution < -0.4 is 0 Å². The zero-order valence-corrected chi connectivity index (χ0v) is 14.6.